The molecule has 5 aromatic rings. The molecule has 0 aromatic heterocycles. The number of benzene rings is 5. The number of nitrogens with zero attached hydrogens (tertiary/aromatic N) is 2. The van der Waals surface area contributed by atoms with Crippen LogP contribution in [-0.4, -0.2) is 11.6 Å². The standard InChI is InChI=1S/C29H23N2O2.C8H9.Y/c1-20-8-12-27(13-9-20)30-31-28-14-10-22(11-15-28)16-23-17-25(21(2)32)19-26(18-23)29(33)24-6-4-3-5-7-24;1-2-8-6-4-3-5-7-8;/h4-15,17-19H,16H2,1-2H3;4-7H,2H2,1H3;/q2*-1;. The summed E-state index contributed by atoms with van der Waals surface area (Å²) in [6, 6.07) is 41.8. The van der Waals surface area contributed by atoms with Crippen LogP contribution in [0.25, 0.3) is 0 Å². The fraction of sp³-hybridized carbons (Fsp3) is 0.135. The summed E-state index contributed by atoms with van der Waals surface area (Å²) in [7, 11) is 0. The molecule has 0 spiro atoms. The molecule has 0 atom stereocenters. The third-order valence-corrected chi connectivity index (χ3v) is 6.50. The van der Waals surface area contributed by atoms with Crippen LogP contribution in [0.1, 0.15) is 62.4 Å². The van der Waals surface area contributed by atoms with Crippen molar-refractivity contribution in [2.75, 3.05) is 0 Å². The summed E-state index contributed by atoms with van der Waals surface area (Å²) in [5, 5.41) is 8.57. The van der Waals surface area contributed by atoms with E-state index in [4.69, 9.17) is 0 Å². The Morgan fingerprint density at radius 2 is 1.14 bits per heavy atom. The van der Waals surface area contributed by atoms with Crippen LogP contribution in [0.4, 0.5) is 11.4 Å². The second kappa shape index (κ2) is 16.6. The van der Waals surface area contributed by atoms with Crippen LogP contribution in [0, 0.1) is 19.1 Å². The summed E-state index contributed by atoms with van der Waals surface area (Å²) < 4.78 is 0. The molecule has 0 heterocycles. The molecule has 0 bridgehead atoms. The largest absolute Gasteiger partial charge is 0.295 e. The molecule has 5 heteroatoms. The van der Waals surface area contributed by atoms with Gasteiger partial charge in [0.1, 0.15) is 0 Å². The van der Waals surface area contributed by atoms with Gasteiger partial charge >= 0.3 is 0 Å². The number of aryl methyl sites for hydroxylation is 2. The van der Waals surface area contributed by atoms with E-state index in [1.54, 1.807) is 30.3 Å². The molecule has 0 aliphatic heterocycles. The van der Waals surface area contributed by atoms with E-state index in [-0.39, 0.29) is 44.3 Å². The third-order valence-electron chi connectivity index (χ3n) is 6.50. The Balaban J connectivity index is 0.000000466. The van der Waals surface area contributed by atoms with Gasteiger partial charge < -0.3 is 0 Å². The van der Waals surface area contributed by atoms with Crippen LogP contribution in [0.15, 0.2) is 125 Å². The zero-order chi connectivity index (χ0) is 29.0. The van der Waals surface area contributed by atoms with E-state index in [1.807, 2.05) is 79.7 Å². The van der Waals surface area contributed by atoms with Crippen LogP contribution in [0.5, 0.6) is 0 Å². The summed E-state index contributed by atoms with van der Waals surface area (Å²) in [5.74, 6) is -0.181. The fourth-order valence-electron chi connectivity index (χ4n) is 4.13. The summed E-state index contributed by atoms with van der Waals surface area (Å²) in [6.45, 7) is 5.69. The van der Waals surface area contributed by atoms with Crippen molar-refractivity contribution in [2.24, 2.45) is 10.2 Å². The molecule has 1 radical (unpaired) electrons. The Hall–Kier alpha value is -3.86. The second-order valence-electron chi connectivity index (χ2n) is 9.73. The van der Waals surface area contributed by atoms with E-state index in [2.05, 4.69) is 41.4 Å². The van der Waals surface area contributed by atoms with Gasteiger partial charge in [-0.1, -0.05) is 48.7 Å². The maximum atomic E-state index is 12.9. The van der Waals surface area contributed by atoms with Gasteiger partial charge in [0.25, 0.3) is 0 Å². The molecule has 42 heavy (non-hydrogen) atoms. The molecule has 5 aromatic carbocycles. The average Bonchev–Trinajstić information content (AvgIpc) is 3.02. The summed E-state index contributed by atoms with van der Waals surface area (Å²) in [5.41, 5.74) is 7.69. The minimum absolute atomic E-state index is 0. The van der Waals surface area contributed by atoms with Gasteiger partial charge in [0.05, 0.1) is 11.4 Å². The molecule has 0 aliphatic carbocycles. The summed E-state index contributed by atoms with van der Waals surface area (Å²) in [6.07, 6.45) is 1.72. The van der Waals surface area contributed by atoms with Crippen molar-refractivity contribution < 1.29 is 42.3 Å². The van der Waals surface area contributed by atoms with E-state index >= 15 is 0 Å². The van der Waals surface area contributed by atoms with Crippen LogP contribution in [-0.2, 0) is 45.6 Å². The minimum atomic E-state index is -0.111. The number of rotatable bonds is 8. The van der Waals surface area contributed by atoms with Gasteiger partial charge in [-0.25, -0.2) is 0 Å². The van der Waals surface area contributed by atoms with Gasteiger partial charge in [-0.05, 0) is 73.9 Å². The molecule has 0 fully saturated rings. The Bertz CT molecular complexity index is 1610. The Morgan fingerprint density at radius 3 is 1.67 bits per heavy atom. The smallest absolute Gasteiger partial charge is 0.169 e. The van der Waals surface area contributed by atoms with Crippen LogP contribution >= 0.6 is 0 Å². The number of ketones is 2. The zero-order valence-electron chi connectivity index (χ0n) is 24.2. The van der Waals surface area contributed by atoms with Gasteiger partial charge in [-0.2, -0.15) is 76.5 Å². The van der Waals surface area contributed by atoms with Crippen LogP contribution in [0.2, 0.25) is 0 Å². The van der Waals surface area contributed by atoms with Crippen LogP contribution in [0.3, 0.4) is 0 Å². The van der Waals surface area contributed by atoms with Crippen molar-refractivity contribution in [3.05, 3.63) is 166 Å². The Kier molecular flexibility index (Phi) is 12.9. The number of hydrogen-bond donors (Lipinski definition) is 0. The fourth-order valence-corrected chi connectivity index (χ4v) is 4.13. The molecule has 0 aliphatic rings. The monoisotopic (exact) mass is 625 g/mol. The summed E-state index contributed by atoms with van der Waals surface area (Å²) >= 11 is 0. The Morgan fingerprint density at radius 1 is 0.619 bits per heavy atom. The first-order chi connectivity index (χ1) is 19.9. The van der Waals surface area contributed by atoms with Crippen molar-refractivity contribution in [3.8, 4) is 0 Å². The number of Topliss-reactive ketones (excluding diaryl/α,β-unsaturated/α-hetero) is 1. The molecule has 0 N–H and O–H groups in total. The van der Waals surface area contributed by atoms with Gasteiger partial charge in [0.15, 0.2) is 11.6 Å². The minimum Gasteiger partial charge on any atom is -0.295 e. The second-order valence-corrected chi connectivity index (χ2v) is 9.73. The molecule has 5 rings (SSSR count). The van der Waals surface area contributed by atoms with E-state index in [9.17, 15) is 9.59 Å². The first-order valence-corrected chi connectivity index (χ1v) is 13.6. The number of carbonyl (C=O) groups excluding carboxylic acids is 2. The maximum absolute atomic E-state index is 12.9. The molecular formula is C37H32N2O2Y-2. The van der Waals surface area contributed by atoms with Gasteiger partial charge in [0.2, 0.25) is 0 Å². The first kappa shape index (κ1) is 32.7. The topological polar surface area (TPSA) is 58.9 Å². The van der Waals surface area contributed by atoms with Crippen molar-refractivity contribution in [1.29, 1.82) is 0 Å². The number of carbonyl (C=O) groups is 2. The SMILES string of the molecule is CC(=O)c1cc(Cc2ccc(N=Nc3ccc(C)cc3)cc2)cc(C(=O)c2cc[c-]cc2)c1.CCc1cc[c-]cc1.[Y]. The van der Waals surface area contributed by atoms with E-state index < -0.39 is 0 Å². The predicted molar refractivity (Wildman–Crippen MR) is 164 cm³/mol. The summed E-state index contributed by atoms with van der Waals surface area (Å²) in [4.78, 5) is 25.0. The van der Waals surface area contributed by atoms with Crippen LogP contribution < -0.4 is 0 Å². The first-order valence-electron chi connectivity index (χ1n) is 13.6. The van der Waals surface area contributed by atoms with E-state index in [1.165, 1.54) is 18.1 Å². The van der Waals surface area contributed by atoms with Crippen molar-refractivity contribution in [1.82, 2.24) is 0 Å². The van der Waals surface area contributed by atoms with Crippen molar-refractivity contribution >= 4 is 22.9 Å². The molecule has 4 nitrogen and oxygen atoms in total. The molecule has 207 valence electrons. The van der Waals surface area contributed by atoms with Gasteiger partial charge in [0, 0.05) is 43.8 Å². The quantitative estimate of drug-likeness (QED) is 0.0981. The number of hydrogen-bond acceptors (Lipinski definition) is 4. The molecule has 0 amide bonds. The predicted octanol–water partition coefficient (Wildman–Crippen LogP) is 9.28. The zero-order valence-corrected chi connectivity index (χ0v) is 27.0. The normalized spacial score (nSPS) is 10.4. The van der Waals surface area contributed by atoms with Crippen molar-refractivity contribution in [2.45, 2.75) is 33.6 Å². The Labute approximate surface area is 273 Å². The number of azo groups is 1. The van der Waals surface area contributed by atoms with Crippen molar-refractivity contribution in [3.63, 3.8) is 0 Å². The van der Waals surface area contributed by atoms with Gasteiger partial charge in [-0.3, -0.25) is 9.59 Å². The maximum Gasteiger partial charge on any atom is 0.169 e. The van der Waals surface area contributed by atoms with E-state index in [0.717, 1.165) is 28.9 Å². The average molecular weight is 626 g/mol. The third kappa shape index (κ3) is 9.90. The molecule has 0 saturated heterocycles. The molecule has 0 saturated carbocycles. The van der Waals surface area contributed by atoms with E-state index in [0.29, 0.717) is 23.1 Å². The molecule has 0 unspecified atom stereocenters. The molecular weight excluding hydrogens is 593 g/mol. The van der Waals surface area contributed by atoms with Gasteiger partial charge in [-0.15, -0.1) is 0 Å².